The van der Waals surface area contributed by atoms with Gasteiger partial charge in [-0.15, -0.1) is 0 Å². The summed E-state index contributed by atoms with van der Waals surface area (Å²) in [5, 5.41) is 4.69. The number of fused-ring (bicyclic) bond motifs is 1. The monoisotopic (exact) mass is 436 g/mol. The van der Waals surface area contributed by atoms with Crippen LogP contribution in [0.5, 0.6) is 5.75 Å². The number of carbonyl (C=O) groups is 2. The average molecular weight is 437 g/mol. The summed E-state index contributed by atoms with van der Waals surface area (Å²) in [4.78, 5) is 42.3. The number of benzene rings is 1. The number of Topliss-reactive ketones (excluding diaryl/α,β-unsaturated/α-hetero) is 1. The summed E-state index contributed by atoms with van der Waals surface area (Å²) in [6.07, 6.45) is 4.62. The normalized spacial score (nSPS) is 14.6. The number of aromatic nitrogens is 3. The second kappa shape index (κ2) is 9.38. The number of hydrogen-bond donors (Lipinski definition) is 1. The fourth-order valence-electron chi connectivity index (χ4n) is 4.31. The number of aromatic amines is 1. The maximum absolute atomic E-state index is 12.8. The van der Waals surface area contributed by atoms with Crippen molar-refractivity contribution in [3.8, 4) is 5.75 Å². The number of rotatable bonds is 7. The van der Waals surface area contributed by atoms with Crippen LogP contribution in [0.25, 0.3) is 10.9 Å². The SMILES string of the molecule is COc1ccc(C(=O)C2CCN(C(=O)CCCc3cc4c(cnn4C)c(=O)[nH]3)CC2)cc1. The number of methoxy groups -OCH3 is 1. The highest BCUT2D eigenvalue weighted by molar-refractivity contribution is 5.98. The lowest BCUT2D eigenvalue weighted by atomic mass is 9.88. The van der Waals surface area contributed by atoms with E-state index in [0.717, 1.165) is 17.0 Å². The molecule has 1 aliphatic heterocycles. The molecule has 2 aromatic heterocycles. The van der Waals surface area contributed by atoms with Crippen molar-refractivity contribution in [3.63, 3.8) is 0 Å². The van der Waals surface area contributed by atoms with Gasteiger partial charge in [0.1, 0.15) is 5.75 Å². The van der Waals surface area contributed by atoms with Crippen molar-refractivity contribution < 1.29 is 14.3 Å². The molecule has 1 amide bonds. The Hall–Kier alpha value is -3.42. The summed E-state index contributed by atoms with van der Waals surface area (Å²) in [5.74, 6) is 0.910. The molecule has 3 aromatic rings. The fraction of sp³-hybridized carbons (Fsp3) is 0.417. The number of ketones is 1. The van der Waals surface area contributed by atoms with Crippen LogP contribution in [0, 0.1) is 5.92 Å². The van der Waals surface area contributed by atoms with Gasteiger partial charge in [0.25, 0.3) is 5.56 Å². The topological polar surface area (TPSA) is 97.3 Å². The van der Waals surface area contributed by atoms with Crippen LogP contribution in [0.15, 0.2) is 41.3 Å². The van der Waals surface area contributed by atoms with Gasteiger partial charge in [0.05, 0.1) is 24.2 Å². The number of carbonyl (C=O) groups excluding carboxylic acids is 2. The van der Waals surface area contributed by atoms with Gasteiger partial charge in [-0.2, -0.15) is 5.10 Å². The second-order valence-corrected chi connectivity index (χ2v) is 8.29. The van der Waals surface area contributed by atoms with Crippen LogP contribution in [0.4, 0.5) is 0 Å². The lowest BCUT2D eigenvalue weighted by molar-refractivity contribution is -0.132. The molecule has 0 radical (unpaired) electrons. The molecule has 1 N–H and O–H groups in total. The highest BCUT2D eigenvalue weighted by Gasteiger charge is 2.27. The number of nitrogens with zero attached hydrogens (tertiary/aromatic N) is 3. The molecular formula is C24H28N4O4. The maximum Gasteiger partial charge on any atom is 0.259 e. The summed E-state index contributed by atoms with van der Waals surface area (Å²) in [7, 11) is 3.40. The van der Waals surface area contributed by atoms with Gasteiger partial charge in [-0.25, -0.2) is 0 Å². The van der Waals surface area contributed by atoms with Gasteiger partial charge < -0.3 is 14.6 Å². The van der Waals surface area contributed by atoms with Crippen molar-refractivity contribution in [2.45, 2.75) is 32.1 Å². The Balaban J connectivity index is 1.26. The predicted molar refractivity (Wildman–Crippen MR) is 121 cm³/mol. The standard InChI is InChI=1S/C24H28N4O4/c1-27-21-14-18(26-24(31)20(21)15-25-27)4-3-5-22(29)28-12-10-17(11-13-28)23(30)16-6-8-19(32-2)9-7-16/h6-9,14-15,17H,3-5,10-13H2,1-2H3,(H,26,31). The van der Waals surface area contributed by atoms with Gasteiger partial charge in [-0.3, -0.25) is 19.1 Å². The van der Waals surface area contributed by atoms with Gasteiger partial charge in [0, 0.05) is 43.7 Å². The Morgan fingerprint density at radius 3 is 2.59 bits per heavy atom. The number of piperidine rings is 1. The van der Waals surface area contributed by atoms with Gasteiger partial charge in [-0.05, 0) is 56.0 Å². The first-order valence-electron chi connectivity index (χ1n) is 11.0. The van der Waals surface area contributed by atoms with E-state index in [1.807, 2.05) is 11.0 Å². The van der Waals surface area contributed by atoms with E-state index < -0.39 is 0 Å². The Labute approximate surface area is 186 Å². The number of nitrogens with one attached hydrogen (secondary N) is 1. The fourth-order valence-corrected chi connectivity index (χ4v) is 4.31. The molecule has 1 fully saturated rings. The first kappa shape index (κ1) is 21.8. The Bertz CT molecular complexity index is 1170. The smallest absolute Gasteiger partial charge is 0.259 e. The quantitative estimate of drug-likeness (QED) is 0.575. The van der Waals surface area contributed by atoms with Crippen LogP contribution >= 0.6 is 0 Å². The number of aryl methyl sites for hydroxylation is 2. The van der Waals surface area contributed by atoms with Crippen LogP contribution in [-0.2, 0) is 18.3 Å². The van der Waals surface area contributed by atoms with Crippen LogP contribution in [0.2, 0.25) is 0 Å². The molecule has 168 valence electrons. The highest BCUT2D eigenvalue weighted by Crippen LogP contribution is 2.24. The molecule has 32 heavy (non-hydrogen) atoms. The minimum atomic E-state index is -0.152. The van der Waals surface area contributed by atoms with Crippen molar-refractivity contribution in [2.24, 2.45) is 13.0 Å². The van der Waals surface area contributed by atoms with Crippen LogP contribution in [0.1, 0.15) is 41.7 Å². The van der Waals surface area contributed by atoms with E-state index in [9.17, 15) is 14.4 Å². The number of hydrogen-bond acceptors (Lipinski definition) is 5. The third-order valence-corrected chi connectivity index (χ3v) is 6.24. The van der Waals surface area contributed by atoms with Crippen molar-refractivity contribution in [3.05, 3.63) is 58.1 Å². The van der Waals surface area contributed by atoms with E-state index in [4.69, 9.17) is 4.74 Å². The highest BCUT2D eigenvalue weighted by atomic mass is 16.5. The molecule has 0 spiro atoms. The summed E-state index contributed by atoms with van der Waals surface area (Å²) >= 11 is 0. The molecule has 1 aromatic carbocycles. The van der Waals surface area contributed by atoms with Gasteiger partial charge in [0.2, 0.25) is 5.91 Å². The van der Waals surface area contributed by atoms with E-state index in [0.29, 0.717) is 56.1 Å². The first-order valence-corrected chi connectivity index (χ1v) is 11.0. The zero-order chi connectivity index (χ0) is 22.7. The molecule has 0 aliphatic carbocycles. The van der Waals surface area contributed by atoms with Crippen molar-refractivity contribution in [1.82, 2.24) is 19.7 Å². The molecule has 3 heterocycles. The van der Waals surface area contributed by atoms with E-state index >= 15 is 0 Å². The molecular weight excluding hydrogens is 408 g/mol. The van der Waals surface area contributed by atoms with Gasteiger partial charge in [-0.1, -0.05) is 0 Å². The van der Waals surface area contributed by atoms with Crippen LogP contribution < -0.4 is 10.3 Å². The molecule has 0 bridgehead atoms. The van der Waals surface area contributed by atoms with Crippen molar-refractivity contribution in [2.75, 3.05) is 20.2 Å². The van der Waals surface area contributed by atoms with E-state index in [1.165, 1.54) is 0 Å². The van der Waals surface area contributed by atoms with E-state index in [2.05, 4.69) is 10.1 Å². The number of amides is 1. The van der Waals surface area contributed by atoms with Gasteiger partial charge in [0.15, 0.2) is 5.78 Å². The van der Waals surface area contributed by atoms with E-state index in [1.54, 1.807) is 49.3 Å². The Morgan fingerprint density at radius 2 is 1.91 bits per heavy atom. The van der Waals surface area contributed by atoms with Crippen LogP contribution in [-0.4, -0.2) is 51.6 Å². The van der Waals surface area contributed by atoms with Crippen molar-refractivity contribution in [1.29, 1.82) is 0 Å². The third-order valence-electron chi connectivity index (χ3n) is 6.24. The predicted octanol–water partition coefficient (Wildman–Crippen LogP) is 2.71. The maximum atomic E-state index is 12.8. The largest absolute Gasteiger partial charge is 0.497 e. The summed E-state index contributed by atoms with van der Waals surface area (Å²) in [6.45, 7) is 1.20. The van der Waals surface area contributed by atoms with Crippen LogP contribution in [0.3, 0.4) is 0 Å². The average Bonchev–Trinajstić information content (AvgIpc) is 3.20. The van der Waals surface area contributed by atoms with Gasteiger partial charge >= 0.3 is 0 Å². The number of ether oxygens (including phenoxy) is 1. The summed E-state index contributed by atoms with van der Waals surface area (Å²) < 4.78 is 6.82. The summed E-state index contributed by atoms with van der Waals surface area (Å²) in [6, 6.07) is 9.11. The minimum Gasteiger partial charge on any atom is -0.497 e. The molecule has 0 saturated carbocycles. The lowest BCUT2D eigenvalue weighted by Gasteiger charge is -2.31. The Morgan fingerprint density at radius 1 is 1.19 bits per heavy atom. The summed E-state index contributed by atoms with van der Waals surface area (Å²) in [5.41, 5.74) is 2.14. The Kier molecular flexibility index (Phi) is 6.39. The van der Waals surface area contributed by atoms with Crippen molar-refractivity contribution >= 4 is 22.6 Å². The molecule has 4 rings (SSSR count). The zero-order valence-electron chi connectivity index (χ0n) is 18.5. The zero-order valence-corrected chi connectivity index (χ0v) is 18.5. The second-order valence-electron chi connectivity index (χ2n) is 8.29. The third kappa shape index (κ3) is 4.59. The molecule has 0 unspecified atom stereocenters. The van der Waals surface area contributed by atoms with E-state index in [-0.39, 0.29) is 23.2 Å². The first-order chi connectivity index (χ1) is 15.5. The lowest BCUT2D eigenvalue weighted by Crippen LogP contribution is -2.40. The molecule has 1 saturated heterocycles. The molecule has 8 heteroatoms. The molecule has 8 nitrogen and oxygen atoms in total. The molecule has 1 aliphatic rings. The number of likely N-dealkylation sites (tertiary alicyclic amines) is 1. The number of H-pyrrole nitrogens is 1. The number of pyridine rings is 1. The minimum absolute atomic E-state index is 0.0526. The molecule has 0 atom stereocenters.